The minimum atomic E-state index is -4.74. The van der Waals surface area contributed by atoms with Gasteiger partial charge in [0.05, 0.1) is 39.4 Å². The van der Waals surface area contributed by atoms with Gasteiger partial charge in [0.15, 0.2) is 5.11 Å². The van der Waals surface area contributed by atoms with E-state index in [9.17, 15) is 26.4 Å². The van der Waals surface area contributed by atoms with E-state index in [0.717, 1.165) is 62.1 Å². The van der Waals surface area contributed by atoms with Crippen molar-refractivity contribution in [3.63, 3.8) is 0 Å². The van der Waals surface area contributed by atoms with Crippen LogP contribution < -0.4 is 4.90 Å². The number of carbonyl (C=O) groups excluding carboxylic acids is 1. The van der Waals surface area contributed by atoms with Gasteiger partial charge < -0.3 is 9.80 Å². The first-order valence-electron chi connectivity index (χ1n) is 15.2. The average molecular weight is 675 g/mol. The van der Waals surface area contributed by atoms with Gasteiger partial charge in [-0.1, -0.05) is 25.7 Å². The number of piperazine rings is 1. The summed E-state index contributed by atoms with van der Waals surface area (Å²) in [6, 6.07) is 12.7. The molecule has 0 aromatic heterocycles. The van der Waals surface area contributed by atoms with Crippen LogP contribution in [0, 0.1) is 22.7 Å². The highest BCUT2D eigenvalue weighted by Gasteiger charge is 2.49. The second-order valence-electron chi connectivity index (χ2n) is 12.0. The van der Waals surface area contributed by atoms with E-state index in [4.69, 9.17) is 22.7 Å². The maximum atomic E-state index is 13.5. The molecule has 0 radical (unpaired) electrons. The Bertz CT molecular complexity index is 1620. The maximum Gasteiger partial charge on any atom is 0.417 e. The molecule has 0 spiro atoms. The van der Waals surface area contributed by atoms with Gasteiger partial charge in [0, 0.05) is 32.7 Å². The average Bonchev–Trinajstić information content (AvgIpc) is 3.20. The SMILES string of the molecule is CC1(C)C(=O)N(c2ccc(C#N)c(C(F)(F)F)c2)C(=S)N1CCCCCCCCN1CCN(S(=O)(=O)c2ccc(C#N)cc2)CC1. The number of nitriles is 2. The third kappa shape index (κ3) is 7.69. The summed E-state index contributed by atoms with van der Waals surface area (Å²) >= 11 is 5.56. The van der Waals surface area contributed by atoms with Crippen LogP contribution in [0.2, 0.25) is 0 Å². The molecule has 246 valence electrons. The van der Waals surface area contributed by atoms with E-state index >= 15 is 0 Å². The highest BCUT2D eigenvalue weighted by atomic mass is 32.2. The van der Waals surface area contributed by atoms with Gasteiger partial charge in [0.2, 0.25) is 10.0 Å². The topological polar surface area (TPSA) is 112 Å². The highest BCUT2D eigenvalue weighted by Crippen LogP contribution is 2.38. The molecule has 2 aliphatic heterocycles. The molecular formula is C32H37F3N6O3S2. The number of anilines is 1. The lowest BCUT2D eigenvalue weighted by Gasteiger charge is -2.34. The standard InChI is InChI=1S/C32H37F3N6O3S2/c1-31(2)29(42)41(26-12-11-25(23-37)28(21-26)32(33,34)35)30(45)40(31)16-8-6-4-3-5-7-15-38-17-19-39(20-18-38)46(43,44)27-13-9-24(22-36)10-14-27/h9-14,21H,3-8,15-20H2,1-2H3. The van der Waals surface area contributed by atoms with Crippen molar-refractivity contribution in [2.24, 2.45) is 0 Å². The Labute approximate surface area is 273 Å². The van der Waals surface area contributed by atoms with Crippen molar-refractivity contribution in [2.75, 3.05) is 44.2 Å². The zero-order chi connectivity index (χ0) is 33.7. The minimum Gasteiger partial charge on any atom is -0.334 e. The Kier molecular flexibility index (Phi) is 11.1. The lowest BCUT2D eigenvalue weighted by molar-refractivity contribution is -0.137. The fourth-order valence-corrected chi connectivity index (χ4v) is 7.73. The van der Waals surface area contributed by atoms with E-state index in [1.54, 1.807) is 24.8 Å². The van der Waals surface area contributed by atoms with Crippen LogP contribution in [0.15, 0.2) is 47.4 Å². The molecule has 1 amide bonds. The Morgan fingerprint density at radius 2 is 1.46 bits per heavy atom. The summed E-state index contributed by atoms with van der Waals surface area (Å²) in [7, 11) is -3.58. The van der Waals surface area contributed by atoms with Crippen LogP contribution in [-0.4, -0.2) is 78.3 Å². The third-order valence-corrected chi connectivity index (χ3v) is 10.9. The van der Waals surface area contributed by atoms with E-state index in [1.165, 1.54) is 34.6 Å². The summed E-state index contributed by atoms with van der Waals surface area (Å²) in [6.45, 7) is 6.97. The van der Waals surface area contributed by atoms with Crippen molar-refractivity contribution < 1.29 is 26.4 Å². The van der Waals surface area contributed by atoms with Gasteiger partial charge in [-0.25, -0.2) is 8.42 Å². The van der Waals surface area contributed by atoms with Gasteiger partial charge in [-0.3, -0.25) is 9.69 Å². The van der Waals surface area contributed by atoms with Crippen molar-refractivity contribution in [1.29, 1.82) is 10.5 Å². The lowest BCUT2D eigenvalue weighted by atomic mass is 10.0. The Morgan fingerprint density at radius 1 is 0.870 bits per heavy atom. The summed E-state index contributed by atoms with van der Waals surface area (Å²) in [4.78, 5) is 18.6. The summed E-state index contributed by atoms with van der Waals surface area (Å²) in [6.07, 6.45) is 0.972. The summed E-state index contributed by atoms with van der Waals surface area (Å²) in [5.74, 6) is -0.414. The molecular weight excluding hydrogens is 638 g/mol. The molecule has 2 heterocycles. The number of thiocarbonyl (C=S) groups is 1. The van der Waals surface area contributed by atoms with Gasteiger partial charge >= 0.3 is 6.18 Å². The molecule has 0 aliphatic carbocycles. The van der Waals surface area contributed by atoms with E-state index in [-0.39, 0.29) is 15.7 Å². The molecule has 4 rings (SSSR count). The maximum absolute atomic E-state index is 13.5. The first-order chi connectivity index (χ1) is 21.7. The quantitative estimate of drug-likeness (QED) is 0.214. The van der Waals surface area contributed by atoms with Gasteiger partial charge in [-0.2, -0.15) is 28.0 Å². The predicted octanol–water partition coefficient (Wildman–Crippen LogP) is 5.51. The summed E-state index contributed by atoms with van der Waals surface area (Å²) in [5.41, 5.74) is -2.23. The molecule has 0 bridgehead atoms. The van der Waals surface area contributed by atoms with Crippen LogP contribution in [-0.2, 0) is 21.0 Å². The summed E-state index contributed by atoms with van der Waals surface area (Å²) < 4.78 is 68.0. The fourth-order valence-electron chi connectivity index (χ4n) is 5.80. The van der Waals surface area contributed by atoms with Gasteiger partial charge in [-0.05, 0) is 87.9 Å². The fraction of sp³-hybridized carbons (Fsp3) is 0.500. The first-order valence-corrected chi connectivity index (χ1v) is 17.1. The first kappa shape index (κ1) is 35.3. The monoisotopic (exact) mass is 674 g/mol. The van der Waals surface area contributed by atoms with Crippen LogP contribution in [0.5, 0.6) is 0 Å². The zero-order valence-electron chi connectivity index (χ0n) is 25.9. The van der Waals surface area contributed by atoms with Crippen molar-refractivity contribution in [3.8, 4) is 12.1 Å². The number of benzene rings is 2. The number of carbonyl (C=O) groups is 1. The second-order valence-corrected chi connectivity index (χ2v) is 14.3. The van der Waals surface area contributed by atoms with E-state index in [1.807, 2.05) is 6.07 Å². The van der Waals surface area contributed by atoms with Crippen LogP contribution in [0.4, 0.5) is 18.9 Å². The molecule has 2 aromatic rings. The minimum absolute atomic E-state index is 0.00811. The molecule has 46 heavy (non-hydrogen) atoms. The van der Waals surface area contributed by atoms with Gasteiger partial charge in [0.25, 0.3) is 5.91 Å². The Hall–Kier alpha value is -3.56. The molecule has 0 atom stereocenters. The number of sulfonamides is 1. The van der Waals surface area contributed by atoms with Crippen molar-refractivity contribution in [1.82, 2.24) is 14.1 Å². The van der Waals surface area contributed by atoms with Gasteiger partial charge in [0.1, 0.15) is 5.54 Å². The van der Waals surface area contributed by atoms with Gasteiger partial charge in [-0.15, -0.1) is 0 Å². The molecule has 2 aromatic carbocycles. The largest absolute Gasteiger partial charge is 0.417 e. The number of hydrogen-bond donors (Lipinski definition) is 0. The van der Waals surface area contributed by atoms with E-state index in [0.29, 0.717) is 38.3 Å². The van der Waals surface area contributed by atoms with E-state index in [2.05, 4.69) is 4.90 Å². The van der Waals surface area contributed by atoms with Crippen molar-refractivity contribution in [3.05, 3.63) is 59.2 Å². The van der Waals surface area contributed by atoms with Crippen LogP contribution in [0.25, 0.3) is 0 Å². The van der Waals surface area contributed by atoms with Crippen LogP contribution in [0.3, 0.4) is 0 Å². The molecule has 2 aliphatic rings. The highest BCUT2D eigenvalue weighted by molar-refractivity contribution is 7.89. The number of halogens is 3. The lowest BCUT2D eigenvalue weighted by Crippen LogP contribution is -2.48. The molecule has 9 nitrogen and oxygen atoms in total. The van der Waals surface area contributed by atoms with Crippen LogP contribution >= 0.6 is 12.2 Å². The molecule has 0 saturated carbocycles. The summed E-state index contributed by atoms with van der Waals surface area (Å²) in [5, 5.41) is 18.2. The Balaban J connectivity index is 1.17. The number of rotatable bonds is 12. The van der Waals surface area contributed by atoms with Crippen LogP contribution in [0.1, 0.15) is 69.1 Å². The smallest absolute Gasteiger partial charge is 0.334 e. The molecule has 2 fully saturated rings. The molecule has 0 N–H and O–H groups in total. The number of unbranched alkanes of at least 4 members (excludes halogenated alkanes) is 5. The number of nitrogens with zero attached hydrogens (tertiary/aromatic N) is 6. The Morgan fingerprint density at radius 3 is 2.02 bits per heavy atom. The number of hydrogen-bond acceptors (Lipinski definition) is 7. The predicted molar refractivity (Wildman–Crippen MR) is 171 cm³/mol. The van der Waals surface area contributed by atoms with Crippen molar-refractivity contribution >= 4 is 38.9 Å². The molecule has 14 heteroatoms. The number of amides is 1. The zero-order valence-corrected chi connectivity index (χ0v) is 27.5. The third-order valence-electron chi connectivity index (χ3n) is 8.57. The molecule has 2 saturated heterocycles. The van der Waals surface area contributed by atoms with Crippen molar-refractivity contribution in [2.45, 2.75) is 69.0 Å². The molecule has 0 unspecified atom stereocenters. The van der Waals surface area contributed by atoms with E-state index < -0.39 is 38.8 Å². The normalized spacial score (nSPS) is 17.7. The number of alkyl halides is 3. The second kappa shape index (κ2) is 14.5.